The standard InChI is InChI=1S/C14H12BrClFNO/c15-12-3-2-11(17)8-14(12)19-13-4-1-10(16)7-9(13)5-6-18/h1-4,7-8H,5-6,18H2. The van der Waals surface area contributed by atoms with Crippen molar-refractivity contribution in [2.24, 2.45) is 5.73 Å². The van der Waals surface area contributed by atoms with E-state index in [-0.39, 0.29) is 5.82 Å². The molecule has 0 fully saturated rings. The van der Waals surface area contributed by atoms with Crippen molar-refractivity contribution in [1.29, 1.82) is 0 Å². The Balaban J connectivity index is 2.34. The SMILES string of the molecule is NCCc1cc(Cl)ccc1Oc1cc(F)ccc1Br. The van der Waals surface area contributed by atoms with E-state index in [0.717, 1.165) is 5.56 Å². The third kappa shape index (κ3) is 3.69. The summed E-state index contributed by atoms with van der Waals surface area (Å²) < 4.78 is 19.6. The predicted octanol–water partition coefficient (Wildman–Crippen LogP) is 4.54. The summed E-state index contributed by atoms with van der Waals surface area (Å²) in [5.41, 5.74) is 6.45. The first-order valence-corrected chi connectivity index (χ1v) is 6.88. The quantitative estimate of drug-likeness (QED) is 0.884. The van der Waals surface area contributed by atoms with Crippen LogP contribution in [0.3, 0.4) is 0 Å². The molecule has 2 aromatic carbocycles. The predicted molar refractivity (Wildman–Crippen MR) is 78.4 cm³/mol. The Kier molecular flexibility index (Phi) is 4.80. The second kappa shape index (κ2) is 6.37. The third-order valence-corrected chi connectivity index (χ3v) is 3.44. The van der Waals surface area contributed by atoms with Crippen molar-refractivity contribution >= 4 is 27.5 Å². The number of rotatable bonds is 4. The molecule has 2 rings (SSSR count). The highest BCUT2D eigenvalue weighted by atomic mass is 79.9. The number of ether oxygens (including phenoxy) is 1. The Labute approximate surface area is 124 Å². The highest BCUT2D eigenvalue weighted by Gasteiger charge is 2.09. The van der Waals surface area contributed by atoms with Crippen LogP contribution in [0.15, 0.2) is 40.9 Å². The average molecular weight is 345 g/mol. The molecule has 0 aromatic heterocycles. The molecule has 100 valence electrons. The lowest BCUT2D eigenvalue weighted by atomic mass is 10.1. The van der Waals surface area contributed by atoms with Gasteiger partial charge in [-0.25, -0.2) is 4.39 Å². The highest BCUT2D eigenvalue weighted by Crippen LogP contribution is 2.33. The maximum atomic E-state index is 13.2. The molecule has 0 saturated carbocycles. The summed E-state index contributed by atoms with van der Waals surface area (Å²) in [7, 11) is 0. The van der Waals surface area contributed by atoms with Crippen LogP contribution in [0.4, 0.5) is 4.39 Å². The van der Waals surface area contributed by atoms with Crippen molar-refractivity contribution in [3.8, 4) is 11.5 Å². The summed E-state index contributed by atoms with van der Waals surface area (Å²) in [5, 5.41) is 0.620. The molecule has 19 heavy (non-hydrogen) atoms. The second-order valence-corrected chi connectivity index (χ2v) is 5.26. The second-order valence-electron chi connectivity index (χ2n) is 3.97. The van der Waals surface area contributed by atoms with Crippen molar-refractivity contribution in [3.05, 3.63) is 57.3 Å². The molecule has 0 radical (unpaired) electrons. The zero-order valence-electron chi connectivity index (χ0n) is 10.00. The Morgan fingerprint density at radius 2 is 1.95 bits per heavy atom. The minimum atomic E-state index is -0.354. The molecule has 0 heterocycles. The topological polar surface area (TPSA) is 35.2 Å². The zero-order valence-corrected chi connectivity index (χ0v) is 12.3. The van der Waals surface area contributed by atoms with Crippen LogP contribution >= 0.6 is 27.5 Å². The van der Waals surface area contributed by atoms with Gasteiger partial charge in [-0.2, -0.15) is 0 Å². The highest BCUT2D eigenvalue weighted by molar-refractivity contribution is 9.10. The van der Waals surface area contributed by atoms with Crippen LogP contribution < -0.4 is 10.5 Å². The maximum absolute atomic E-state index is 13.2. The molecule has 5 heteroatoms. The van der Waals surface area contributed by atoms with Gasteiger partial charge in [-0.05, 0) is 64.8 Å². The van der Waals surface area contributed by atoms with E-state index in [1.54, 1.807) is 24.3 Å². The van der Waals surface area contributed by atoms with Gasteiger partial charge in [0.25, 0.3) is 0 Å². The van der Waals surface area contributed by atoms with Gasteiger partial charge in [0.1, 0.15) is 17.3 Å². The van der Waals surface area contributed by atoms with Crippen LogP contribution in [-0.4, -0.2) is 6.54 Å². The minimum Gasteiger partial charge on any atom is -0.456 e. The summed E-state index contributed by atoms with van der Waals surface area (Å²) in [6.45, 7) is 0.487. The van der Waals surface area contributed by atoms with E-state index in [4.69, 9.17) is 22.1 Å². The number of nitrogens with two attached hydrogens (primary N) is 1. The van der Waals surface area contributed by atoms with Crippen molar-refractivity contribution in [2.75, 3.05) is 6.54 Å². The van der Waals surface area contributed by atoms with Crippen molar-refractivity contribution in [2.45, 2.75) is 6.42 Å². The van der Waals surface area contributed by atoms with Gasteiger partial charge in [0.15, 0.2) is 0 Å². The van der Waals surface area contributed by atoms with Gasteiger partial charge in [-0.1, -0.05) is 11.6 Å². The van der Waals surface area contributed by atoms with Crippen LogP contribution in [0.5, 0.6) is 11.5 Å². The zero-order chi connectivity index (χ0) is 13.8. The molecule has 0 unspecified atom stereocenters. The molecule has 0 aliphatic carbocycles. The average Bonchev–Trinajstić information content (AvgIpc) is 2.37. The number of hydrogen-bond acceptors (Lipinski definition) is 2. The first kappa shape index (κ1) is 14.3. The van der Waals surface area contributed by atoms with E-state index in [1.165, 1.54) is 12.1 Å². The largest absolute Gasteiger partial charge is 0.456 e. The van der Waals surface area contributed by atoms with E-state index >= 15 is 0 Å². The molecule has 0 aliphatic heterocycles. The Bertz CT molecular complexity index is 592. The number of halogens is 3. The maximum Gasteiger partial charge on any atom is 0.144 e. The lowest BCUT2D eigenvalue weighted by Gasteiger charge is -2.12. The molecule has 2 nitrogen and oxygen atoms in total. The van der Waals surface area contributed by atoms with Crippen LogP contribution in [0.25, 0.3) is 0 Å². The monoisotopic (exact) mass is 343 g/mol. The normalized spacial score (nSPS) is 10.5. The van der Waals surface area contributed by atoms with Crippen molar-refractivity contribution in [3.63, 3.8) is 0 Å². The minimum absolute atomic E-state index is 0.354. The molecular formula is C14H12BrClFNO. The first-order chi connectivity index (χ1) is 9.10. The third-order valence-electron chi connectivity index (χ3n) is 2.55. The van der Waals surface area contributed by atoms with E-state index in [0.29, 0.717) is 34.0 Å². The fraction of sp³-hybridized carbons (Fsp3) is 0.143. The summed E-state index contributed by atoms with van der Waals surface area (Å²) >= 11 is 9.27. The van der Waals surface area contributed by atoms with Gasteiger partial charge in [-0.15, -0.1) is 0 Å². The molecule has 0 bridgehead atoms. The molecular weight excluding hydrogens is 333 g/mol. The van der Waals surface area contributed by atoms with Crippen LogP contribution in [0.1, 0.15) is 5.56 Å². The van der Waals surface area contributed by atoms with Gasteiger partial charge in [0.2, 0.25) is 0 Å². The Morgan fingerprint density at radius 3 is 2.68 bits per heavy atom. The van der Waals surface area contributed by atoms with Crippen LogP contribution in [0.2, 0.25) is 5.02 Å². The van der Waals surface area contributed by atoms with E-state index in [9.17, 15) is 4.39 Å². The fourth-order valence-electron chi connectivity index (χ4n) is 1.67. The summed E-state index contributed by atoms with van der Waals surface area (Å²) in [6.07, 6.45) is 0.642. The molecule has 0 atom stereocenters. The van der Waals surface area contributed by atoms with Crippen molar-refractivity contribution < 1.29 is 9.13 Å². The van der Waals surface area contributed by atoms with Crippen LogP contribution in [-0.2, 0) is 6.42 Å². The summed E-state index contributed by atoms with van der Waals surface area (Å²) in [5.74, 6) is 0.689. The van der Waals surface area contributed by atoms with E-state index in [2.05, 4.69) is 15.9 Å². The van der Waals surface area contributed by atoms with Gasteiger partial charge in [0, 0.05) is 11.1 Å². The summed E-state index contributed by atoms with van der Waals surface area (Å²) in [6, 6.07) is 9.57. The lowest BCUT2D eigenvalue weighted by molar-refractivity contribution is 0.467. The molecule has 0 spiro atoms. The van der Waals surface area contributed by atoms with Crippen molar-refractivity contribution in [1.82, 2.24) is 0 Å². The molecule has 0 aliphatic rings. The molecule has 0 saturated heterocycles. The van der Waals surface area contributed by atoms with Crippen LogP contribution in [0, 0.1) is 5.82 Å². The van der Waals surface area contributed by atoms with Gasteiger partial charge < -0.3 is 10.5 Å². The number of benzene rings is 2. The Hall–Kier alpha value is -1.10. The van der Waals surface area contributed by atoms with Gasteiger partial charge in [-0.3, -0.25) is 0 Å². The van der Waals surface area contributed by atoms with Gasteiger partial charge >= 0.3 is 0 Å². The first-order valence-electron chi connectivity index (χ1n) is 5.71. The number of hydrogen-bond donors (Lipinski definition) is 1. The molecule has 2 N–H and O–H groups in total. The van der Waals surface area contributed by atoms with E-state index < -0.39 is 0 Å². The lowest BCUT2D eigenvalue weighted by Crippen LogP contribution is -2.04. The molecule has 0 amide bonds. The summed E-state index contributed by atoms with van der Waals surface area (Å²) in [4.78, 5) is 0. The van der Waals surface area contributed by atoms with Gasteiger partial charge in [0.05, 0.1) is 4.47 Å². The smallest absolute Gasteiger partial charge is 0.144 e. The fourth-order valence-corrected chi connectivity index (χ4v) is 2.19. The molecule has 2 aromatic rings. The van der Waals surface area contributed by atoms with E-state index in [1.807, 2.05) is 0 Å². The Morgan fingerprint density at radius 1 is 1.16 bits per heavy atom.